The Hall–Kier alpha value is -1.13. The Labute approximate surface area is 108 Å². The molecule has 1 fully saturated rings. The van der Waals surface area contributed by atoms with Crippen molar-refractivity contribution in [1.82, 2.24) is 0 Å². The molecule has 4 heteroatoms. The zero-order chi connectivity index (χ0) is 13.2. The molecule has 1 saturated heterocycles. The molecule has 2 aliphatic rings. The lowest BCUT2D eigenvalue weighted by Gasteiger charge is -2.46. The molecule has 0 aromatic carbocycles. The summed E-state index contributed by atoms with van der Waals surface area (Å²) in [5.74, 6) is -0.351. The van der Waals surface area contributed by atoms with E-state index >= 15 is 0 Å². The summed E-state index contributed by atoms with van der Waals surface area (Å²) in [6, 6.07) is 0. The Balaban J connectivity index is 2.37. The van der Waals surface area contributed by atoms with Gasteiger partial charge in [-0.3, -0.25) is 4.79 Å². The minimum Gasteiger partial charge on any atom is -0.431 e. The molecule has 1 atom stereocenters. The van der Waals surface area contributed by atoms with Gasteiger partial charge in [0.15, 0.2) is 5.79 Å². The van der Waals surface area contributed by atoms with Crippen LogP contribution in [0.5, 0.6) is 0 Å². The largest absolute Gasteiger partial charge is 0.431 e. The number of rotatable bonds is 3. The summed E-state index contributed by atoms with van der Waals surface area (Å²) in [7, 11) is 0. The lowest BCUT2D eigenvalue weighted by Crippen LogP contribution is -2.51. The topological polar surface area (TPSA) is 44.8 Å². The van der Waals surface area contributed by atoms with Crippen molar-refractivity contribution >= 4 is 5.97 Å². The molecule has 4 nitrogen and oxygen atoms in total. The minimum atomic E-state index is -0.680. The van der Waals surface area contributed by atoms with Gasteiger partial charge in [-0.15, -0.1) is 6.58 Å². The van der Waals surface area contributed by atoms with E-state index in [2.05, 4.69) is 6.58 Å². The summed E-state index contributed by atoms with van der Waals surface area (Å²) in [6.07, 6.45) is 5.99. The first-order valence-corrected chi connectivity index (χ1v) is 6.32. The highest BCUT2D eigenvalue weighted by molar-refractivity contribution is 5.67. The van der Waals surface area contributed by atoms with Crippen LogP contribution in [0.1, 0.15) is 33.1 Å². The van der Waals surface area contributed by atoms with Crippen LogP contribution in [-0.4, -0.2) is 25.0 Å². The van der Waals surface area contributed by atoms with E-state index in [1.165, 1.54) is 6.92 Å². The monoisotopic (exact) mass is 252 g/mol. The Kier molecular flexibility index (Phi) is 3.59. The van der Waals surface area contributed by atoms with Crippen molar-refractivity contribution in [2.75, 3.05) is 13.2 Å². The highest BCUT2D eigenvalue weighted by atomic mass is 16.7. The van der Waals surface area contributed by atoms with Gasteiger partial charge < -0.3 is 14.2 Å². The van der Waals surface area contributed by atoms with Crippen LogP contribution in [0.15, 0.2) is 24.5 Å². The van der Waals surface area contributed by atoms with Crippen LogP contribution in [0.3, 0.4) is 0 Å². The smallest absolute Gasteiger partial charge is 0.307 e. The molecule has 0 unspecified atom stereocenters. The average Bonchev–Trinajstić information content (AvgIpc) is 2.76. The standard InChI is InChI=1S/C14H20O4/c1-4-7-13(3)12(18-11(2)15)6-5-8-14(13)16-9-10-17-14/h4,6H,1,5,7-10H2,2-3H3/t13-/m0/s1. The molecule has 0 radical (unpaired) electrons. The van der Waals surface area contributed by atoms with Gasteiger partial charge in [0.25, 0.3) is 0 Å². The summed E-state index contributed by atoms with van der Waals surface area (Å²) in [5, 5.41) is 0. The van der Waals surface area contributed by atoms with Gasteiger partial charge in [-0.25, -0.2) is 0 Å². The number of carbonyl (C=O) groups is 1. The highest BCUT2D eigenvalue weighted by Crippen LogP contribution is 2.52. The van der Waals surface area contributed by atoms with Crippen LogP contribution >= 0.6 is 0 Å². The van der Waals surface area contributed by atoms with E-state index in [0.717, 1.165) is 12.8 Å². The maximum Gasteiger partial charge on any atom is 0.307 e. The Bertz CT molecular complexity index is 379. The number of ether oxygens (including phenoxy) is 3. The second-order valence-electron chi connectivity index (χ2n) is 4.98. The molecule has 0 saturated carbocycles. The van der Waals surface area contributed by atoms with Crippen molar-refractivity contribution in [2.24, 2.45) is 5.41 Å². The minimum absolute atomic E-state index is 0.313. The van der Waals surface area contributed by atoms with Crippen molar-refractivity contribution < 1.29 is 19.0 Å². The maximum atomic E-state index is 11.2. The summed E-state index contributed by atoms with van der Waals surface area (Å²) in [5.41, 5.74) is -0.491. The van der Waals surface area contributed by atoms with Crippen LogP contribution in [0.2, 0.25) is 0 Å². The van der Waals surface area contributed by atoms with E-state index in [-0.39, 0.29) is 5.97 Å². The van der Waals surface area contributed by atoms with Gasteiger partial charge >= 0.3 is 5.97 Å². The molecular formula is C14H20O4. The Morgan fingerprint density at radius 2 is 2.22 bits per heavy atom. The third-order valence-electron chi connectivity index (χ3n) is 3.75. The second kappa shape index (κ2) is 4.86. The quantitative estimate of drug-likeness (QED) is 0.572. The first kappa shape index (κ1) is 13.3. The molecule has 1 heterocycles. The van der Waals surface area contributed by atoms with E-state index < -0.39 is 11.2 Å². The van der Waals surface area contributed by atoms with E-state index in [0.29, 0.717) is 25.4 Å². The van der Waals surface area contributed by atoms with Crippen LogP contribution in [0, 0.1) is 5.41 Å². The number of hydrogen-bond donors (Lipinski definition) is 0. The molecule has 1 aliphatic heterocycles. The van der Waals surface area contributed by atoms with Crippen molar-refractivity contribution in [2.45, 2.75) is 38.9 Å². The van der Waals surface area contributed by atoms with Gasteiger partial charge in [-0.05, 0) is 25.8 Å². The van der Waals surface area contributed by atoms with Gasteiger partial charge in [0.2, 0.25) is 0 Å². The molecule has 100 valence electrons. The van der Waals surface area contributed by atoms with E-state index in [4.69, 9.17) is 14.2 Å². The third-order valence-corrected chi connectivity index (χ3v) is 3.75. The molecular weight excluding hydrogens is 232 g/mol. The fourth-order valence-corrected chi connectivity index (χ4v) is 2.85. The second-order valence-corrected chi connectivity index (χ2v) is 4.98. The molecule has 0 aromatic rings. The summed E-state index contributed by atoms with van der Waals surface area (Å²) < 4.78 is 17.1. The van der Waals surface area contributed by atoms with E-state index in [9.17, 15) is 4.79 Å². The Morgan fingerprint density at radius 3 is 2.78 bits per heavy atom. The number of esters is 1. The summed E-state index contributed by atoms with van der Waals surface area (Å²) in [4.78, 5) is 11.2. The zero-order valence-electron chi connectivity index (χ0n) is 11.0. The van der Waals surface area contributed by atoms with E-state index in [1.54, 1.807) is 0 Å². The van der Waals surface area contributed by atoms with Gasteiger partial charge in [-0.2, -0.15) is 0 Å². The van der Waals surface area contributed by atoms with Gasteiger partial charge in [0.05, 0.1) is 18.6 Å². The number of allylic oxidation sites excluding steroid dienone is 2. The summed E-state index contributed by atoms with van der Waals surface area (Å²) in [6.45, 7) is 8.37. The number of hydrogen-bond acceptors (Lipinski definition) is 4. The van der Waals surface area contributed by atoms with Gasteiger partial charge in [-0.1, -0.05) is 6.08 Å². The molecule has 2 rings (SSSR count). The molecule has 1 aliphatic carbocycles. The molecule has 0 N–H and O–H groups in total. The maximum absolute atomic E-state index is 11.2. The number of carbonyl (C=O) groups excluding carboxylic acids is 1. The molecule has 18 heavy (non-hydrogen) atoms. The van der Waals surface area contributed by atoms with Gasteiger partial charge in [0, 0.05) is 13.3 Å². The zero-order valence-corrected chi connectivity index (χ0v) is 11.0. The van der Waals surface area contributed by atoms with Crippen LogP contribution in [-0.2, 0) is 19.0 Å². The predicted octanol–water partition coefficient (Wildman–Crippen LogP) is 2.55. The Morgan fingerprint density at radius 1 is 1.56 bits per heavy atom. The van der Waals surface area contributed by atoms with Crippen molar-refractivity contribution in [3.63, 3.8) is 0 Å². The van der Waals surface area contributed by atoms with Crippen molar-refractivity contribution in [3.05, 3.63) is 24.5 Å². The van der Waals surface area contributed by atoms with Gasteiger partial charge in [0.1, 0.15) is 5.76 Å². The molecule has 1 spiro atoms. The third kappa shape index (κ3) is 1.99. The van der Waals surface area contributed by atoms with Crippen molar-refractivity contribution in [3.8, 4) is 0 Å². The SMILES string of the molecule is C=CC[C@@]1(C)C(OC(C)=O)=CCCC12OCCO2. The first-order valence-electron chi connectivity index (χ1n) is 6.32. The van der Waals surface area contributed by atoms with Crippen LogP contribution in [0.4, 0.5) is 0 Å². The molecule has 0 aromatic heterocycles. The first-order chi connectivity index (χ1) is 8.54. The average molecular weight is 252 g/mol. The lowest BCUT2D eigenvalue weighted by atomic mass is 9.71. The fraction of sp³-hybridized carbons (Fsp3) is 0.643. The van der Waals surface area contributed by atoms with E-state index in [1.807, 2.05) is 19.1 Å². The highest BCUT2D eigenvalue weighted by Gasteiger charge is 2.56. The molecule has 0 amide bonds. The normalized spacial score (nSPS) is 30.0. The summed E-state index contributed by atoms with van der Waals surface area (Å²) >= 11 is 0. The van der Waals surface area contributed by atoms with Crippen LogP contribution in [0.25, 0.3) is 0 Å². The fourth-order valence-electron chi connectivity index (χ4n) is 2.85. The molecule has 0 bridgehead atoms. The van der Waals surface area contributed by atoms with Crippen molar-refractivity contribution in [1.29, 1.82) is 0 Å². The predicted molar refractivity (Wildman–Crippen MR) is 66.6 cm³/mol. The van der Waals surface area contributed by atoms with Crippen LogP contribution < -0.4 is 0 Å². The lowest BCUT2D eigenvalue weighted by molar-refractivity contribution is -0.237.